The molecule has 0 aliphatic carbocycles. The second-order valence-electron chi connectivity index (χ2n) is 8.87. The predicted molar refractivity (Wildman–Crippen MR) is 164 cm³/mol. The highest BCUT2D eigenvalue weighted by Crippen LogP contribution is 2.41. The van der Waals surface area contributed by atoms with Crippen molar-refractivity contribution < 1.29 is 24.4 Å². The maximum Gasteiger partial charge on any atom is 0.311 e. The molecule has 0 fully saturated rings. The molecule has 0 radical (unpaired) electrons. The molecular weight excluding hydrogens is 633 g/mol. The molecule has 4 aromatic carbocycles. The van der Waals surface area contributed by atoms with Crippen molar-refractivity contribution in [3.8, 4) is 22.9 Å². The summed E-state index contributed by atoms with van der Waals surface area (Å²) in [5.74, 6) is -0.983. The fourth-order valence-corrected chi connectivity index (χ4v) is 5.04. The lowest BCUT2D eigenvalue weighted by Gasteiger charge is -2.15. The number of ether oxygens (including phenoxy) is 1. The van der Waals surface area contributed by atoms with Crippen LogP contribution in [0, 0.1) is 10.1 Å². The molecule has 0 unspecified atom stereocenters. The van der Waals surface area contributed by atoms with Gasteiger partial charge in [-0.3, -0.25) is 19.7 Å². The summed E-state index contributed by atoms with van der Waals surface area (Å²) in [5.41, 5.74) is 1.03. The second kappa shape index (κ2) is 13.4. The third-order valence-electron chi connectivity index (χ3n) is 5.99. The molecule has 0 spiro atoms. The lowest BCUT2D eigenvalue weighted by molar-refractivity contribution is -0.385. The molecule has 1 heterocycles. The molecule has 16 heteroatoms. The second-order valence-corrected chi connectivity index (χ2v) is 10.6. The van der Waals surface area contributed by atoms with Crippen LogP contribution in [0.4, 0.5) is 17.1 Å². The molecule has 0 aliphatic heterocycles. The highest BCUT2D eigenvalue weighted by Gasteiger charge is 2.21. The van der Waals surface area contributed by atoms with Crippen molar-refractivity contribution in [2.24, 2.45) is 0 Å². The summed E-state index contributed by atoms with van der Waals surface area (Å²) in [4.78, 5) is 35.4. The van der Waals surface area contributed by atoms with Gasteiger partial charge in [-0.1, -0.05) is 59.2 Å². The Morgan fingerprint density at radius 3 is 2.55 bits per heavy atom. The number of carbonyl (C=O) groups excluding carboxylic acids is 2. The number of tetrazole rings is 1. The zero-order valence-electron chi connectivity index (χ0n) is 22.2. The number of anilines is 2. The fraction of sp³-hybridized carbons (Fsp3) is 0.0357. The van der Waals surface area contributed by atoms with Crippen LogP contribution in [0.25, 0.3) is 5.69 Å². The van der Waals surface area contributed by atoms with Crippen molar-refractivity contribution in [1.29, 1.82) is 0 Å². The van der Waals surface area contributed by atoms with Gasteiger partial charge in [0.25, 0.3) is 5.91 Å². The number of para-hydroxylation sites is 1. The number of hydrogen-bond acceptors (Lipinski definition) is 10. The lowest BCUT2D eigenvalue weighted by Crippen LogP contribution is -2.12. The van der Waals surface area contributed by atoms with Gasteiger partial charge in [0.2, 0.25) is 17.3 Å². The van der Waals surface area contributed by atoms with Crippen LogP contribution in [-0.2, 0) is 10.5 Å². The number of phenols is 1. The van der Waals surface area contributed by atoms with E-state index >= 15 is 0 Å². The summed E-state index contributed by atoms with van der Waals surface area (Å²) in [6, 6.07) is 20.2. The molecule has 44 heavy (non-hydrogen) atoms. The summed E-state index contributed by atoms with van der Waals surface area (Å²) in [6.07, 6.45) is 0.341. The average molecular weight is 652 g/mol. The molecule has 1 aromatic heterocycles. The van der Waals surface area contributed by atoms with E-state index in [1.807, 2.05) is 30.3 Å². The zero-order chi connectivity index (χ0) is 31.2. The number of nitrogens with zero attached hydrogens (tertiary/aromatic N) is 5. The minimum Gasteiger partial charge on any atom is -0.506 e. The molecule has 3 N–H and O–H groups in total. The summed E-state index contributed by atoms with van der Waals surface area (Å²) in [6.45, 7) is 0. The fourth-order valence-electron chi connectivity index (χ4n) is 3.91. The Labute approximate surface area is 262 Å². The zero-order valence-corrected chi connectivity index (χ0v) is 24.5. The van der Waals surface area contributed by atoms with Gasteiger partial charge >= 0.3 is 5.69 Å². The first-order chi connectivity index (χ1) is 21.2. The standard InChI is InChI=1S/C28H19Cl2N7O6S/c29-19-8-7-17(11-20(19)30)27(40)32-21-13-26(22(31-15-38)12-24(21)39)43-25-9-6-16(10-23(25)37(41)42)14-44-28-33-34-35-36(28)18-4-2-1-3-5-18/h1-13,15,39H,14H2,(H,31,38)(H,32,40). The van der Waals surface area contributed by atoms with E-state index in [4.69, 9.17) is 27.9 Å². The van der Waals surface area contributed by atoms with Gasteiger partial charge in [-0.15, -0.1) is 5.10 Å². The van der Waals surface area contributed by atoms with Crippen LogP contribution in [0.3, 0.4) is 0 Å². The monoisotopic (exact) mass is 651 g/mol. The van der Waals surface area contributed by atoms with Crippen LogP contribution in [-0.4, -0.2) is 42.6 Å². The minimum absolute atomic E-state index is 0.00767. The topological polar surface area (TPSA) is 174 Å². The Hall–Kier alpha value is -5.18. The van der Waals surface area contributed by atoms with Crippen molar-refractivity contribution in [3.63, 3.8) is 0 Å². The number of rotatable bonds is 11. The summed E-state index contributed by atoms with van der Waals surface area (Å²) in [7, 11) is 0. The smallest absolute Gasteiger partial charge is 0.311 e. The number of halogens is 2. The normalized spacial score (nSPS) is 10.7. The number of carbonyl (C=O) groups is 2. The van der Waals surface area contributed by atoms with E-state index in [2.05, 4.69) is 26.2 Å². The Bertz CT molecular complexity index is 1870. The number of aromatic hydroxyl groups is 1. The number of nitrogens with one attached hydrogen (secondary N) is 2. The number of nitro benzene ring substituents is 1. The van der Waals surface area contributed by atoms with Gasteiger partial charge < -0.3 is 20.5 Å². The van der Waals surface area contributed by atoms with Crippen LogP contribution in [0.1, 0.15) is 15.9 Å². The summed E-state index contributed by atoms with van der Waals surface area (Å²) < 4.78 is 7.40. The van der Waals surface area contributed by atoms with Crippen LogP contribution >= 0.6 is 35.0 Å². The molecule has 5 rings (SSSR count). The van der Waals surface area contributed by atoms with Crippen molar-refractivity contribution in [1.82, 2.24) is 20.2 Å². The Kier molecular flexibility index (Phi) is 9.23. The molecule has 2 amide bonds. The van der Waals surface area contributed by atoms with Gasteiger partial charge in [-0.2, -0.15) is 4.68 Å². The number of hydrogen-bond donors (Lipinski definition) is 3. The van der Waals surface area contributed by atoms with Gasteiger partial charge in [-0.05, 0) is 52.4 Å². The number of nitro groups is 1. The molecular formula is C28H19Cl2N7O6S. The van der Waals surface area contributed by atoms with Crippen molar-refractivity contribution in [3.05, 3.63) is 110 Å². The maximum absolute atomic E-state index is 12.8. The first-order valence-corrected chi connectivity index (χ1v) is 14.2. The van der Waals surface area contributed by atoms with Crippen LogP contribution in [0.5, 0.6) is 17.2 Å². The van der Waals surface area contributed by atoms with Gasteiger partial charge in [-0.25, -0.2) is 0 Å². The van der Waals surface area contributed by atoms with Gasteiger partial charge in [0.1, 0.15) is 5.75 Å². The van der Waals surface area contributed by atoms with Crippen LogP contribution < -0.4 is 15.4 Å². The maximum atomic E-state index is 12.8. The third kappa shape index (κ3) is 6.89. The average Bonchev–Trinajstić information content (AvgIpc) is 3.49. The first kappa shape index (κ1) is 30.3. The summed E-state index contributed by atoms with van der Waals surface area (Å²) >= 11 is 13.2. The summed E-state index contributed by atoms with van der Waals surface area (Å²) in [5, 5.41) is 40.1. The van der Waals surface area contributed by atoms with Gasteiger partial charge in [0.15, 0.2) is 5.75 Å². The highest BCUT2D eigenvalue weighted by molar-refractivity contribution is 7.98. The molecule has 0 bridgehead atoms. The molecule has 5 aromatic rings. The molecule has 13 nitrogen and oxygen atoms in total. The molecule has 0 saturated heterocycles. The van der Waals surface area contributed by atoms with Crippen LogP contribution in [0.15, 0.2) is 84.0 Å². The van der Waals surface area contributed by atoms with Gasteiger partial charge in [0.05, 0.1) is 32.0 Å². The molecule has 0 atom stereocenters. The van der Waals surface area contributed by atoms with E-state index in [0.29, 0.717) is 22.9 Å². The Morgan fingerprint density at radius 1 is 1.02 bits per heavy atom. The van der Waals surface area contributed by atoms with Gasteiger partial charge in [0, 0.05) is 29.5 Å². The Balaban J connectivity index is 1.39. The highest BCUT2D eigenvalue weighted by atomic mass is 35.5. The van der Waals surface area contributed by atoms with E-state index in [-0.39, 0.29) is 44.2 Å². The van der Waals surface area contributed by atoms with E-state index in [1.54, 1.807) is 10.7 Å². The largest absolute Gasteiger partial charge is 0.506 e. The number of phenolic OH excluding ortho intramolecular Hbond substituents is 1. The van der Waals surface area contributed by atoms with Crippen molar-refractivity contribution in [2.45, 2.75) is 10.9 Å². The van der Waals surface area contributed by atoms with E-state index < -0.39 is 16.6 Å². The third-order valence-corrected chi connectivity index (χ3v) is 7.72. The molecule has 222 valence electrons. The van der Waals surface area contributed by atoms with Crippen molar-refractivity contribution >= 4 is 64.3 Å². The number of aromatic nitrogens is 4. The van der Waals surface area contributed by atoms with Crippen LogP contribution in [0.2, 0.25) is 10.0 Å². The minimum atomic E-state index is -0.632. The van der Waals surface area contributed by atoms with E-state index in [1.165, 1.54) is 48.2 Å². The lowest BCUT2D eigenvalue weighted by atomic mass is 10.2. The predicted octanol–water partition coefficient (Wildman–Crippen LogP) is 6.49. The SMILES string of the molecule is O=CNc1cc(O)c(NC(=O)c2ccc(Cl)c(Cl)c2)cc1Oc1ccc(CSc2nnnn2-c2ccccc2)cc1[N+](=O)[O-]. The number of thioether (sulfide) groups is 1. The first-order valence-electron chi connectivity index (χ1n) is 12.5. The number of benzene rings is 4. The van der Waals surface area contributed by atoms with E-state index in [0.717, 1.165) is 11.8 Å². The number of amides is 2. The van der Waals surface area contributed by atoms with Crippen molar-refractivity contribution in [2.75, 3.05) is 10.6 Å². The molecule has 0 saturated carbocycles. The Morgan fingerprint density at radius 2 is 1.82 bits per heavy atom. The quantitative estimate of drug-likeness (QED) is 0.0470. The molecule has 0 aliphatic rings. The van der Waals surface area contributed by atoms with E-state index in [9.17, 15) is 24.8 Å².